The van der Waals surface area contributed by atoms with Crippen LogP contribution in [0.15, 0.2) is 64.0 Å². The molecule has 0 aliphatic carbocycles. The molecule has 0 spiro atoms. The van der Waals surface area contributed by atoms with Gasteiger partial charge in [0, 0.05) is 0 Å². The number of nitrogens with zero attached hydrogens (tertiary/aromatic N) is 1. The molecule has 5 heteroatoms. The van der Waals surface area contributed by atoms with Crippen molar-refractivity contribution in [2.24, 2.45) is 0 Å². The largest absolute Gasteiger partial charge is 0.232 e. The van der Waals surface area contributed by atoms with Crippen molar-refractivity contribution in [2.75, 3.05) is 0 Å². The molecule has 0 N–H and O–H groups in total. The van der Waals surface area contributed by atoms with E-state index in [-0.39, 0.29) is 9.92 Å². The molecule has 0 saturated heterocycles. The van der Waals surface area contributed by atoms with E-state index in [0.717, 1.165) is 16.7 Å². The maximum Gasteiger partial charge on any atom is 0.225 e. The Morgan fingerprint density at radius 1 is 0.864 bits per heavy atom. The number of hydrogen-bond donors (Lipinski definition) is 0. The molecule has 0 atom stereocenters. The highest BCUT2D eigenvalue weighted by molar-refractivity contribution is 7.91. The Kier molecular flexibility index (Phi) is 3.85. The Balaban J connectivity index is 2.11. The zero-order valence-electron chi connectivity index (χ0n) is 12.3. The summed E-state index contributed by atoms with van der Waals surface area (Å²) in [6.07, 6.45) is 0. The minimum atomic E-state index is -3.60. The molecule has 22 heavy (non-hydrogen) atoms. The molecule has 112 valence electrons. The van der Waals surface area contributed by atoms with Crippen molar-refractivity contribution >= 4 is 21.2 Å². The molecule has 0 saturated carbocycles. The van der Waals surface area contributed by atoms with Gasteiger partial charge in [0.1, 0.15) is 0 Å². The van der Waals surface area contributed by atoms with Crippen molar-refractivity contribution < 1.29 is 8.42 Å². The smallest absolute Gasteiger partial charge is 0.225 e. The van der Waals surface area contributed by atoms with Gasteiger partial charge in [-0.15, -0.1) is 11.3 Å². The monoisotopic (exact) mass is 329 g/mol. The van der Waals surface area contributed by atoms with Gasteiger partial charge in [0.05, 0.1) is 15.3 Å². The molecule has 0 bridgehead atoms. The average Bonchev–Trinajstić information content (AvgIpc) is 2.99. The molecule has 0 aliphatic rings. The Labute approximate surface area is 134 Å². The van der Waals surface area contributed by atoms with Crippen LogP contribution in [0.5, 0.6) is 0 Å². The zero-order chi connectivity index (χ0) is 15.7. The Hall–Kier alpha value is -1.98. The molecule has 0 aliphatic heterocycles. The van der Waals surface area contributed by atoms with Gasteiger partial charge in [0.15, 0.2) is 5.03 Å². The van der Waals surface area contributed by atoms with Crippen molar-refractivity contribution in [1.29, 1.82) is 0 Å². The first-order chi connectivity index (χ1) is 10.5. The second-order valence-corrected chi connectivity index (χ2v) is 7.89. The van der Waals surface area contributed by atoms with Gasteiger partial charge in [0.2, 0.25) is 9.84 Å². The molecule has 3 aromatic rings. The third-order valence-electron chi connectivity index (χ3n) is 3.43. The first kappa shape index (κ1) is 14.9. The number of rotatable bonds is 3. The molecule has 2 aromatic carbocycles. The molecule has 1 heterocycles. The van der Waals surface area contributed by atoms with Crippen LogP contribution in [0.3, 0.4) is 0 Å². The summed E-state index contributed by atoms with van der Waals surface area (Å²) in [6, 6.07) is 14.6. The Morgan fingerprint density at radius 3 is 2.00 bits per heavy atom. The molecular weight excluding hydrogens is 314 g/mol. The van der Waals surface area contributed by atoms with Crippen molar-refractivity contribution in [2.45, 2.75) is 23.8 Å². The fourth-order valence-electron chi connectivity index (χ4n) is 2.15. The Bertz CT molecular complexity index is 893. The molecule has 3 nitrogen and oxygen atoms in total. The quantitative estimate of drug-likeness (QED) is 0.721. The number of hydrogen-bond acceptors (Lipinski definition) is 4. The van der Waals surface area contributed by atoms with Crippen LogP contribution >= 0.6 is 11.3 Å². The van der Waals surface area contributed by atoms with E-state index < -0.39 is 9.84 Å². The lowest BCUT2D eigenvalue weighted by molar-refractivity contribution is 0.593. The predicted octanol–water partition coefficient (Wildman–Crippen LogP) is 4.26. The molecular formula is C17H15NO2S2. The van der Waals surface area contributed by atoms with Gasteiger partial charge >= 0.3 is 0 Å². The second kappa shape index (κ2) is 5.66. The van der Waals surface area contributed by atoms with E-state index in [0.29, 0.717) is 4.88 Å². The first-order valence-corrected chi connectivity index (χ1v) is 9.17. The van der Waals surface area contributed by atoms with E-state index >= 15 is 0 Å². The second-order valence-electron chi connectivity index (χ2n) is 5.17. The van der Waals surface area contributed by atoms with Crippen LogP contribution in [0, 0.1) is 13.8 Å². The maximum atomic E-state index is 12.8. The van der Waals surface area contributed by atoms with E-state index in [9.17, 15) is 8.42 Å². The average molecular weight is 329 g/mol. The third kappa shape index (κ3) is 2.69. The molecule has 3 rings (SSSR count). The molecule has 1 aromatic heterocycles. The van der Waals surface area contributed by atoms with Gasteiger partial charge < -0.3 is 0 Å². The van der Waals surface area contributed by atoms with Crippen LogP contribution in [0.1, 0.15) is 11.1 Å². The van der Waals surface area contributed by atoms with E-state index in [1.54, 1.807) is 29.8 Å². The lowest BCUT2D eigenvalue weighted by atomic mass is 10.1. The maximum absolute atomic E-state index is 12.8. The standard InChI is InChI=1S/C17H15NO2S2/c1-12-3-7-14(8-4-12)16-17(18-11-21-16)22(19,20)15-9-5-13(2)6-10-15/h3-11H,1-2H3. The highest BCUT2D eigenvalue weighted by atomic mass is 32.2. The topological polar surface area (TPSA) is 47.0 Å². The SMILES string of the molecule is Cc1ccc(-c2scnc2S(=O)(=O)c2ccc(C)cc2)cc1. The minimum absolute atomic E-state index is 0.130. The van der Waals surface area contributed by atoms with Gasteiger partial charge in [0.25, 0.3) is 0 Å². The van der Waals surface area contributed by atoms with Crippen LogP contribution in [-0.2, 0) is 9.84 Å². The summed E-state index contributed by atoms with van der Waals surface area (Å²) in [5, 5.41) is 0.130. The summed E-state index contributed by atoms with van der Waals surface area (Å²) in [5.74, 6) is 0. The number of benzene rings is 2. The van der Waals surface area contributed by atoms with E-state index in [1.165, 1.54) is 11.3 Å². The van der Waals surface area contributed by atoms with Crippen LogP contribution < -0.4 is 0 Å². The normalized spacial score (nSPS) is 11.5. The van der Waals surface area contributed by atoms with Crippen LogP contribution in [0.4, 0.5) is 0 Å². The van der Waals surface area contributed by atoms with E-state index in [4.69, 9.17) is 0 Å². The van der Waals surface area contributed by atoms with E-state index in [1.807, 2.05) is 38.1 Å². The third-order valence-corrected chi connectivity index (χ3v) is 6.15. The van der Waals surface area contributed by atoms with Gasteiger partial charge in [-0.2, -0.15) is 0 Å². The lowest BCUT2D eigenvalue weighted by Crippen LogP contribution is -2.03. The zero-order valence-corrected chi connectivity index (χ0v) is 13.9. The summed E-state index contributed by atoms with van der Waals surface area (Å²) in [4.78, 5) is 5.07. The fourth-order valence-corrected chi connectivity index (χ4v) is 4.65. The minimum Gasteiger partial charge on any atom is -0.232 e. The number of aromatic nitrogens is 1. The molecule has 0 unspecified atom stereocenters. The summed E-state index contributed by atoms with van der Waals surface area (Å²) in [7, 11) is -3.60. The van der Waals surface area contributed by atoms with Gasteiger partial charge in [-0.1, -0.05) is 47.5 Å². The first-order valence-electron chi connectivity index (χ1n) is 6.81. The summed E-state index contributed by atoms with van der Waals surface area (Å²) < 4.78 is 25.6. The van der Waals surface area contributed by atoms with Crippen molar-refractivity contribution in [1.82, 2.24) is 4.98 Å². The molecule has 0 amide bonds. The highest BCUT2D eigenvalue weighted by Crippen LogP contribution is 2.34. The van der Waals surface area contributed by atoms with Gasteiger partial charge in [-0.25, -0.2) is 13.4 Å². The van der Waals surface area contributed by atoms with Crippen molar-refractivity contribution in [3.05, 3.63) is 65.2 Å². The van der Waals surface area contributed by atoms with Crippen molar-refractivity contribution in [3.8, 4) is 10.4 Å². The summed E-state index contributed by atoms with van der Waals surface area (Å²) >= 11 is 1.34. The van der Waals surface area contributed by atoms with Crippen LogP contribution in [-0.4, -0.2) is 13.4 Å². The number of aryl methyl sites for hydroxylation is 2. The van der Waals surface area contributed by atoms with E-state index in [2.05, 4.69) is 4.98 Å². The summed E-state index contributed by atoms with van der Waals surface area (Å²) in [6.45, 7) is 3.93. The molecule has 0 radical (unpaired) electrons. The molecule has 0 fully saturated rings. The van der Waals surface area contributed by atoms with Crippen LogP contribution in [0.25, 0.3) is 10.4 Å². The predicted molar refractivity (Wildman–Crippen MR) is 88.9 cm³/mol. The summed E-state index contributed by atoms with van der Waals surface area (Å²) in [5.41, 5.74) is 4.61. The van der Waals surface area contributed by atoms with Gasteiger partial charge in [-0.3, -0.25) is 0 Å². The van der Waals surface area contributed by atoms with Crippen molar-refractivity contribution in [3.63, 3.8) is 0 Å². The number of sulfone groups is 1. The fraction of sp³-hybridized carbons (Fsp3) is 0.118. The van der Waals surface area contributed by atoms with Gasteiger partial charge in [-0.05, 0) is 31.5 Å². The Morgan fingerprint density at radius 2 is 1.41 bits per heavy atom. The lowest BCUT2D eigenvalue weighted by Gasteiger charge is -2.06. The highest BCUT2D eigenvalue weighted by Gasteiger charge is 2.24. The number of thiazole rings is 1. The van der Waals surface area contributed by atoms with Crippen LogP contribution in [0.2, 0.25) is 0 Å².